The fourth-order valence-corrected chi connectivity index (χ4v) is 2.63. The van der Waals surface area contributed by atoms with Crippen molar-refractivity contribution in [2.24, 2.45) is 11.8 Å². The second-order valence-electron chi connectivity index (χ2n) is 5.22. The Morgan fingerprint density at radius 1 is 1.00 bits per heavy atom. The van der Waals surface area contributed by atoms with Crippen molar-refractivity contribution in [2.45, 2.75) is 25.6 Å². The van der Waals surface area contributed by atoms with Gasteiger partial charge in [-0.3, -0.25) is 0 Å². The predicted octanol–water partition coefficient (Wildman–Crippen LogP) is 3.13. The van der Waals surface area contributed by atoms with Crippen LogP contribution in [0.5, 0.6) is 0 Å². The van der Waals surface area contributed by atoms with Crippen molar-refractivity contribution in [3.8, 4) is 12.3 Å². The third-order valence-corrected chi connectivity index (χ3v) is 4.09. The maximum absolute atomic E-state index is 5.83. The normalized spacial score (nSPS) is 28.4. The molecule has 18 heavy (non-hydrogen) atoms. The number of benzene rings is 1. The van der Waals surface area contributed by atoms with Crippen molar-refractivity contribution >= 4 is 0 Å². The molecule has 2 fully saturated rings. The molecule has 0 radical (unpaired) electrons. The van der Waals surface area contributed by atoms with Gasteiger partial charge < -0.3 is 9.47 Å². The molecule has 94 valence electrons. The van der Waals surface area contributed by atoms with E-state index in [0.29, 0.717) is 5.92 Å². The molecule has 0 spiro atoms. The second-order valence-corrected chi connectivity index (χ2v) is 5.22. The van der Waals surface area contributed by atoms with E-state index < -0.39 is 0 Å². The average molecular weight is 242 g/mol. The zero-order valence-electron chi connectivity index (χ0n) is 10.5. The quantitative estimate of drug-likeness (QED) is 0.742. The summed E-state index contributed by atoms with van der Waals surface area (Å²) in [4.78, 5) is 0. The largest absolute Gasteiger partial charge is 0.348 e. The monoisotopic (exact) mass is 242 g/mol. The lowest BCUT2D eigenvalue weighted by Gasteiger charge is -2.38. The Labute approximate surface area is 108 Å². The van der Waals surface area contributed by atoms with E-state index in [-0.39, 0.29) is 6.29 Å². The number of hydrogen-bond acceptors (Lipinski definition) is 2. The first-order chi connectivity index (χ1) is 8.86. The Kier molecular flexibility index (Phi) is 3.36. The smallest absolute Gasteiger partial charge is 0.183 e. The Bertz CT molecular complexity index is 431. The van der Waals surface area contributed by atoms with E-state index in [4.69, 9.17) is 15.9 Å². The molecule has 1 aliphatic heterocycles. The van der Waals surface area contributed by atoms with Gasteiger partial charge in [0.25, 0.3) is 0 Å². The zero-order valence-corrected chi connectivity index (χ0v) is 10.5. The Morgan fingerprint density at radius 2 is 1.67 bits per heavy atom. The summed E-state index contributed by atoms with van der Waals surface area (Å²) in [5.41, 5.74) is 1.95. The molecule has 0 aromatic heterocycles. The SMILES string of the molecule is C#Cc1ccc(C2OCC(C3CCC3)CO2)cc1. The maximum Gasteiger partial charge on any atom is 0.183 e. The summed E-state index contributed by atoms with van der Waals surface area (Å²) >= 11 is 0. The molecule has 2 nitrogen and oxygen atoms in total. The van der Waals surface area contributed by atoms with Gasteiger partial charge in [-0.1, -0.05) is 37.3 Å². The van der Waals surface area contributed by atoms with Crippen LogP contribution in [0, 0.1) is 24.2 Å². The van der Waals surface area contributed by atoms with Crippen LogP contribution in [0.3, 0.4) is 0 Å². The van der Waals surface area contributed by atoms with Crippen molar-refractivity contribution in [1.29, 1.82) is 0 Å². The predicted molar refractivity (Wildman–Crippen MR) is 69.9 cm³/mol. The first-order valence-corrected chi connectivity index (χ1v) is 6.66. The van der Waals surface area contributed by atoms with Crippen LogP contribution in [-0.2, 0) is 9.47 Å². The van der Waals surface area contributed by atoms with Crippen molar-refractivity contribution in [3.05, 3.63) is 35.4 Å². The Balaban J connectivity index is 1.59. The second kappa shape index (κ2) is 5.14. The van der Waals surface area contributed by atoms with E-state index in [1.54, 1.807) is 0 Å². The summed E-state index contributed by atoms with van der Waals surface area (Å²) < 4.78 is 11.7. The van der Waals surface area contributed by atoms with Gasteiger partial charge in [-0.15, -0.1) is 6.42 Å². The first kappa shape index (κ1) is 11.8. The van der Waals surface area contributed by atoms with E-state index in [9.17, 15) is 0 Å². The fourth-order valence-electron chi connectivity index (χ4n) is 2.63. The van der Waals surface area contributed by atoms with Crippen molar-refractivity contribution in [2.75, 3.05) is 13.2 Å². The molecule has 1 heterocycles. The van der Waals surface area contributed by atoms with Gasteiger partial charge in [-0.05, 0) is 18.1 Å². The van der Waals surface area contributed by atoms with Gasteiger partial charge in [-0.25, -0.2) is 0 Å². The molecule has 2 heteroatoms. The van der Waals surface area contributed by atoms with Gasteiger partial charge in [0.05, 0.1) is 13.2 Å². The zero-order chi connectivity index (χ0) is 12.4. The summed E-state index contributed by atoms with van der Waals surface area (Å²) in [5, 5.41) is 0. The van der Waals surface area contributed by atoms with Crippen LogP contribution >= 0.6 is 0 Å². The molecule has 0 bridgehead atoms. The van der Waals surface area contributed by atoms with E-state index in [0.717, 1.165) is 30.3 Å². The van der Waals surface area contributed by atoms with Gasteiger partial charge >= 0.3 is 0 Å². The van der Waals surface area contributed by atoms with E-state index in [2.05, 4.69) is 5.92 Å². The van der Waals surface area contributed by atoms with Gasteiger partial charge in [0.1, 0.15) is 0 Å². The minimum Gasteiger partial charge on any atom is -0.348 e. The number of hydrogen-bond donors (Lipinski definition) is 0. The molecule has 1 aromatic carbocycles. The molecule has 2 aliphatic rings. The molecule has 0 atom stereocenters. The molecule has 1 saturated heterocycles. The van der Waals surface area contributed by atoms with Crippen LogP contribution in [0.25, 0.3) is 0 Å². The molecule has 1 aromatic rings. The third-order valence-electron chi connectivity index (χ3n) is 4.09. The van der Waals surface area contributed by atoms with Gasteiger partial charge in [0.15, 0.2) is 6.29 Å². The number of rotatable bonds is 2. The van der Waals surface area contributed by atoms with E-state index in [1.807, 2.05) is 24.3 Å². The van der Waals surface area contributed by atoms with Gasteiger partial charge in [0.2, 0.25) is 0 Å². The molecule has 0 amide bonds. The summed E-state index contributed by atoms with van der Waals surface area (Å²) in [7, 11) is 0. The van der Waals surface area contributed by atoms with Crippen LogP contribution < -0.4 is 0 Å². The van der Waals surface area contributed by atoms with Crippen LogP contribution in [0.2, 0.25) is 0 Å². The Morgan fingerprint density at radius 3 is 2.17 bits per heavy atom. The molecule has 1 saturated carbocycles. The molecule has 0 N–H and O–H groups in total. The highest BCUT2D eigenvalue weighted by molar-refractivity contribution is 5.34. The lowest BCUT2D eigenvalue weighted by molar-refractivity contribution is -0.216. The third kappa shape index (κ3) is 2.29. The molecular formula is C16H18O2. The Hall–Kier alpha value is -1.30. The lowest BCUT2D eigenvalue weighted by Crippen LogP contribution is -2.35. The molecule has 0 unspecified atom stereocenters. The maximum atomic E-state index is 5.83. The number of ether oxygens (including phenoxy) is 2. The van der Waals surface area contributed by atoms with Crippen molar-refractivity contribution in [3.63, 3.8) is 0 Å². The van der Waals surface area contributed by atoms with Crippen LogP contribution in [-0.4, -0.2) is 13.2 Å². The van der Waals surface area contributed by atoms with Gasteiger partial charge in [0, 0.05) is 17.0 Å². The van der Waals surface area contributed by atoms with E-state index in [1.165, 1.54) is 19.3 Å². The minimum absolute atomic E-state index is 0.215. The van der Waals surface area contributed by atoms with Crippen molar-refractivity contribution in [1.82, 2.24) is 0 Å². The highest BCUT2D eigenvalue weighted by Gasteiger charge is 2.32. The number of terminal acetylenes is 1. The lowest BCUT2D eigenvalue weighted by atomic mass is 9.76. The summed E-state index contributed by atoms with van der Waals surface area (Å²) in [6.07, 6.45) is 9.19. The highest BCUT2D eigenvalue weighted by atomic mass is 16.7. The van der Waals surface area contributed by atoms with Crippen molar-refractivity contribution < 1.29 is 9.47 Å². The fraction of sp³-hybridized carbons (Fsp3) is 0.500. The van der Waals surface area contributed by atoms with Crippen LogP contribution in [0.1, 0.15) is 36.7 Å². The van der Waals surface area contributed by atoms with Crippen LogP contribution in [0.15, 0.2) is 24.3 Å². The molecule has 1 aliphatic carbocycles. The molecular weight excluding hydrogens is 224 g/mol. The standard InChI is InChI=1S/C16H18O2/c1-2-12-6-8-14(9-7-12)16-17-10-15(11-18-16)13-4-3-5-13/h1,6-9,13,15-16H,3-5,10-11H2. The summed E-state index contributed by atoms with van der Waals surface area (Å²) in [6, 6.07) is 7.84. The highest BCUT2D eigenvalue weighted by Crippen LogP contribution is 2.37. The summed E-state index contributed by atoms with van der Waals surface area (Å²) in [6.45, 7) is 1.65. The van der Waals surface area contributed by atoms with Crippen LogP contribution in [0.4, 0.5) is 0 Å². The van der Waals surface area contributed by atoms with Gasteiger partial charge in [-0.2, -0.15) is 0 Å². The first-order valence-electron chi connectivity index (χ1n) is 6.66. The topological polar surface area (TPSA) is 18.5 Å². The van der Waals surface area contributed by atoms with E-state index >= 15 is 0 Å². The average Bonchev–Trinajstić information content (AvgIpc) is 2.38. The minimum atomic E-state index is -0.215. The summed E-state index contributed by atoms with van der Waals surface area (Å²) in [5.74, 6) is 4.04. The molecule has 3 rings (SSSR count).